The fourth-order valence-electron chi connectivity index (χ4n) is 2.34. The maximum Gasteiger partial charge on any atom is 0.392 e. The number of hydrogen-bond donors (Lipinski definition) is 1. The summed E-state index contributed by atoms with van der Waals surface area (Å²) in [6, 6.07) is 4.99. The minimum absolute atomic E-state index is 0.154. The molecular weight excluding hydrogens is 305 g/mol. The zero-order chi connectivity index (χ0) is 15.2. The maximum atomic E-state index is 12.5. The van der Waals surface area contributed by atoms with E-state index in [1.807, 2.05) is 0 Å². The highest BCUT2D eigenvalue weighted by molar-refractivity contribution is 6.33. The van der Waals surface area contributed by atoms with Crippen molar-refractivity contribution in [3.05, 3.63) is 29.4 Å². The summed E-state index contributed by atoms with van der Waals surface area (Å²) >= 11 is 6.07. The second kappa shape index (κ2) is 4.91. The van der Waals surface area contributed by atoms with Gasteiger partial charge in [-0.2, -0.15) is 13.2 Å². The number of nitrogens with two attached hydrogens (primary N) is 1. The molecule has 1 aromatic carbocycles. The van der Waals surface area contributed by atoms with E-state index >= 15 is 0 Å². The highest BCUT2D eigenvalue weighted by Crippen LogP contribution is 2.50. The Labute approximate surface area is 123 Å². The van der Waals surface area contributed by atoms with Crippen molar-refractivity contribution in [1.82, 2.24) is 15.0 Å². The average molecular weight is 317 g/mol. The molecule has 2 atom stereocenters. The van der Waals surface area contributed by atoms with Crippen molar-refractivity contribution in [2.24, 2.45) is 11.8 Å². The third-order valence-corrected chi connectivity index (χ3v) is 3.89. The van der Waals surface area contributed by atoms with Crippen LogP contribution < -0.4 is 5.73 Å². The Morgan fingerprint density at radius 3 is 2.76 bits per heavy atom. The summed E-state index contributed by atoms with van der Waals surface area (Å²) in [5.41, 5.74) is 7.31. The first kappa shape index (κ1) is 14.2. The van der Waals surface area contributed by atoms with Crippen molar-refractivity contribution in [2.45, 2.75) is 19.1 Å². The lowest BCUT2D eigenvalue weighted by Gasteiger charge is -2.04. The molecule has 0 spiro atoms. The third kappa shape index (κ3) is 2.97. The summed E-state index contributed by atoms with van der Waals surface area (Å²) < 4.78 is 38.9. The summed E-state index contributed by atoms with van der Waals surface area (Å²) in [7, 11) is 0. The number of anilines is 1. The molecular formula is C13H12ClF3N4. The van der Waals surface area contributed by atoms with Gasteiger partial charge in [0.05, 0.1) is 17.1 Å². The van der Waals surface area contributed by atoms with Gasteiger partial charge in [0.15, 0.2) is 0 Å². The zero-order valence-electron chi connectivity index (χ0n) is 10.8. The van der Waals surface area contributed by atoms with Crippen LogP contribution in [0.25, 0.3) is 11.3 Å². The lowest BCUT2D eigenvalue weighted by Crippen LogP contribution is -2.14. The van der Waals surface area contributed by atoms with Gasteiger partial charge >= 0.3 is 6.18 Å². The molecule has 1 aliphatic carbocycles. The Morgan fingerprint density at radius 2 is 2.14 bits per heavy atom. The topological polar surface area (TPSA) is 56.7 Å². The van der Waals surface area contributed by atoms with Crippen molar-refractivity contribution in [3.8, 4) is 11.3 Å². The van der Waals surface area contributed by atoms with Gasteiger partial charge < -0.3 is 5.73 Å². The molecule has 8 heteroatoms. The van der Waals surface area contributed by atoms with E-state index in [1.54, 1.807) is 24.4 Å². The van der Waals surface area contributed by atoms with Crippen LogP contribution in [0.1, 0.15) is 6.42 Å². The van der Waals surface area contributed by atoms with Crippen molar-refractivity contribution in [2.75, 3.05) is 5.73 Å². The first-order valence-electron chi connectivity index (χ1n) is 6.37. The molecule has 1 aromatic heterocycles. The van der Waals surface area contributed by atoms with Gasteiger partial charge in [-0.05, 0) is 30.5 Å². The molecule has 1 fully saturated rings. The second-order valence-corrected chi connectivity index (χ2v) is 5.62. The van der Waals surface area contributed by atoms with Gasteiger partial charge in [0.25, 0.3) is 0 Å². The van der Waals surface area contributed by atoms with E-state index in [0.29, 0.717) is 22.0 Å². The van der Waals surface area contributed by atoms with E-state index in [4.69, 9.17) is 17.3 Å². The SMILES string of the molecule is Nc1ccc(-c2cn(C[C@@H]3C[C@H]3C(F)(F)F)nn2)c(Cl)c1. The summed E-state index contributed by atoms with van der Waals surface area (Å²) in [5.74, 6) is -1.63. The molecule has 0 amide bonds. The Bertz CT molecular complexity index is 668. The van der Waals surface area contributed by atoms with Crippen LogP contribution in [-0.2, 0) is 6.54 Å². The predicted molar refractivity (Wildman–Crippen MR) is 72.5 cm³/mol. The smallest absolute Gasteiger partial charge is 0.392 e. The van der Waals surface area contributed by atoms with Crippen molar-refractivity contribution >= 4 is 17.3 Å². The Kier molecular flexibility index (Phi) is 3.32. The number of halogens is 4. The zero-order valence-corrected chi connectivity index (χ0v) is 11.6. The van der Waals surface area contributed by atoms with Crippen LogP contribution in [0.15, 0.2) is 24.4 Å². The van der Waals surface area contributed by atoms with Gasteiger partial charge in [0.2, 0.25) is 0 Å². The van der Waals surface area contributed by atoms with Crippen LogP contribution in [0, 0.1) is 11.8 Å². The molecule has 1 aliphatic rings. The average Bonchev–Trinajstić information content (AvgIpc) is 3.00. The van der Waals surface area contributed by atoms with Gasteiger partial charge in [0.1, 0.15) is 5.69 Å². The number of aromatic nitrogens is 3. The molecule has 0 saturated heterocycles. The number of hydrogen-bond acceptors (Lipinski definition) is 3. The normalized spacial score (nSPS) is 21.5. The molecule has 2 N–H and O–H groups in total. The molecule has 3 rings (SSSR count). The molecule has 0 radical (unpaired) electrons. The Balaban J connectivity index is 1.73. The minimum Gasteiger partial charge on any atom is -0.399 e. The first-order valence-corrected chi connectivity index (χ1v) is 6.74. The lowest BCUT2D eigenvalue weighted by molar-refractivity contribution is -0.151. The quantitative estimate of drug-likeness (QED) is 0.883. The van der Waals surface area contributed by atoms with Gasteiger partial charge in [-0.15, -0.1) is 5.10 Å². The van der Waals surface area contributed by atoms with Crippen molar-refractivity contribution in [1.29, 1.82) is 0 Å². The third-order valence-electron chi connectivity index (χ3n) is 3.57. The van der Waals surface area contributed by atoms with E-state index in [9.17, 15) is 13.2 Å². The molecule has 0 aliphatic heterocycles. The van der Waals surface area contributed by atoms with Crippen LogP contribution in [-0.4, -0.2) is 21.2 Å². The largest absolute Gasteiger partial charge is 0.399 e. The summed E-state index contributed by atoms with van der Waals surface area (Å²) in [6.45, 7) is 0.212. The highest BCUT2D eigenvalue weighted by Gasteiger charge is 2.55. The number of rotatable bonds is 3. The molecule has 0 bridgehead atoms. The summed E-state index contributed by atoms with van der Waals surface area (Å²) in [5, 5.41) is 8.25. The van der Waals surface area contributed by atoms with Gasteiger partial charge in [-0.3, -0.25) is 4.68 Å². The number of nitrogens with zero attached hydrogens (tertiary/aromatic N) is 3. The summed E-state index contributed by atoms with van der Waals surface area (Å²) in [6.07, 6.45) is -2.36. The fraction of sp³-hybridized carbons (Fsp3) is 0.385. The predicted octanol–water partition coefficient (Wildman–Crippen LogP) is 3.38. The van der Waals surface area contributed by atoms with E-state index in [1.165, 1.54) is 4.68 Å². The molecule has 112 valence electrons. The fourth-order valence-corrected chi connectivity index (χ4v) is 2.63. The molecule has 21 heavy (non-hydrogen) atoms. The first-order chi connectivity index (χ1) is 9.84. The van der Waals surface area contributed by atoms with E-state index in [2.05, 4.69) is 10.3 Å². The second-order valence-electron chi connectivity index (χ2n) is 5.21. The van der Waals surface area contributed by atoms with Crippen LogP contribution >= 0.6 is 11.6 Å². The molecule has 1 saturated carbocycles. The maximum absolute atomic E-state index is 12.5. The molecule has 1 heterocycles. The van der Waals surface area contributed by atoms with E-state index in [0.717, 1.165) is 0 Å². The Morgan fingerprint density at radius 1 is 1.38 bits per heavy atom. The molecule has 2 aromatic rings. The van der Waals surface area contributed by atoms with E-state index < -0.39 is 18.0 Å². The number of alkyl halides is 3. The van der Waals surface area contributed by atoms with Crippen LogP contribution in [0.2, 0.25) is 5.02 Å². The van der Waals surface area contributed by atoms with Crippen LogP contribution in [0.4, 0.5) is 18.9 Å². The number of benzene rings is 1. The lowest BCUT2D eigenvalue weighted by atomic mass is 10.1. The van der Waals surface area contributed by atoms with E-state index in [-0.39, 0.29) is 13.0 Å². The highest BCUT2D eigenvalue weighted by atomic mass is 35.5. The minimum atomic E-state index is -4.12. The van der Waals surface area contributed by atoms with Gasteiger partial charge in [-0.25, -0.2) is 0 Å². The molecule has 4 nitrogen and oxygen atoms in total. The Hall–Kier alpha value is -1.76. The number of nitrogen functional groups attached to an aromatic ring is 1. The van der Waals surface area contributed by atoms with Crippen molar-refractivity contribution in [3.63, 3.8) is 0 Å². The standard InChI is InChI=1S/C13H12ClF3N4/c14-11-4-8(18)1-2-9(11)12-6-21(20-19-12)5-7-3-10(7)13(15,16)17/h1-2,4,6-7,10H,3,5,18H2/t7-,10+/m0/s1. The van der Waals surface area contributed by atoms with Crippen molar-refractivity contribution < 1.29 is 13.2 Å². The van der Waals surface area contributed by atoms with Crippen LogP contribution in [0.5, 0.6) is 0 Å². The monoisotopic (exact) mass is 316 g/mol. The molecule has 0 unspecified atom stereocenters. The van der Waals surface area contributed by atoms with Gasteiger partial charge in [-0.1, -0.05) is 16.8 Å². The van der Waals surface area contributed by atoms with Crippen LogP contribution in [0.3, 0.4) is 0 Å². The summed E-state index contributed by atoms with van der Waals surface area (Å²) in [4.78, 5) is 0. The van der Waals surface area contributed by atoms with Gasteiger partial charge in [0, 0.05) is 17.8 Å².